The molecule has 0 radical (unpaired) electrons. The minimum absolute atomic E-state index is 0.00278. The zero-order valence-electron chi connectivity index (χ0n) is 19.0. The van der Waals surface area contributed by atoms with Crippen molar-refractivity contribution < 1.29 is 29.1 Å². The van der Waals surface area contributed by atoms with Crippen molar-refractivity contribution in [1.82, 2.24) is 16.0 Å². The summed E-state index contributed by atoms with van der Waals surface area (Å²) >= 11 is 0. The largest absolute Gasteiger partial charge is 0.480 e. The number of hydrogen-bond acceptors (Lipinski definition) is 7. The average Bonchev–Trinajstić information content (AvgIpc) is 2.70. The maximum absolute atomic E-state index is 12.9. The van der Waals surface area contributed by atoms with Gasteiger partial charge in [0.05, 0.1) is 6.04 Å². The van der Waals surface area contributed by atoms with Crippen LogP contribution in [0.3, 0.4) is 0 Å². The topological polar surface area (TPSA) is 258 Å². The van der Waals surface area contributed by atoms with Gasteiger partial charge in [-0.05, 0) is 31.6 Å². The van der Waals surface area contributed by atoms with E-state index in [4.69, 9.17) is 28.0 Å². The lowest BCUT2D eigenvalue weighted by atomic mass is 10.0. The van der Waals surface area contributed by atoms with E-state index in [1.54, 1.807) is 0 Å². The highest BCUT2D eigenvalue weighted by molar-refractivity contribution is 5.93. The van der Waals surface area contributed by atoms with Crippen LogP contribution in [-0.2, 0) is 24.0 Å². The van der Waals surface area contributed by atoms with Crippen LogP contribution in [0.1, 0.15) is 46.0 Å². The van der Waals surface area contributed by atoms with Gasteiger partial charge in [0, 0.05) is 13.0 Å². The van der Waals surface area contributed by atoms with Crippen molar-refractivity contribution in [2.24, 2.45) is 33.8 Å². The molecule has 188 valence electrons. The van der Waals surface area contributed by atoms with Crippen molar-refractivity contribution in [2.75, 3.05) is 13.1 Å². The molecule has 0 spiro atoms. The molecule has 0 saturated carbocycles. The summed E-state index contributed by atoms with van der Waals surface area (Å²) in [5.41, 5.74) is 21.4. The van der Waals surface area contributed by atoms with E-state index >= 15 is 0 Å². The van der Waals surface area contributed by atoms with Crippen molar-refractivity contribution in [3.05, 3.63) is 0 Å². The van der Waals surface area contributed by atoms with Gasteiger partial charge in [-0.25, -0.2) is 0 Å². The van der Waals surface area contributed by atoms with Crippen LogP contribution in [0.2, 0.25) is 0 Å². The molecule has 0 heterocycles. The number of carbonyl (C=O) groups is 5. The maximum atomic E-state index is 12.9. The molecule has 12 N–H and O–H groups in total. The first-order valence-electron chi connectivity index (χ1n) is 10.5. The molecule has 3 atom stereocenters. The first kappa shape index (κ1) is 29.6. The molecular weight excluding hydrogens is 436 g/mol. The Morgan fingerprint density at radius 3 is 2.03 bits per heavy atom. The van der Waals surface area contributed by atoms with Gasteiger partial charge in [-0.2, -0.15) is 0 Å². The van der Waals surface area contributed by atoms with Gasteiger partial charge in [-0.3, -0.25) is 29.0 Å². The summed E-state index contributed by atoms with van der Waals surface area (Å²) < 4.78 is 0. The van der Waals surface area contributed by atoms with Gasteiger partial charge in [-0.15, -0.1) is 0 Å². The van der Waals surface area contributed by atoms with E-state index < -0.39 is 54.3 Å². The standard InChI is InChI=1S/C19H36N8O6/c1-10(2)8-13(17(32)25-9-15(29)30)27-18(33)12(4-3-7-24-19(22)23)26-16(31)11(20)5-6-14(21)28/h10-13H,3-9,20H2,1-2H3,(H2,21,28)(H,25,32)(H,26,31)(H,27,33)(H,29,30)(H4,22,23,24). The van der Waals surface area contributed by atoms with Crippen molar-refractivity contribution in [3.63, 3.8) is 0 Å². The number of aliphatic imine (C=N–C) groups is 1. The molecule has 14 nitrogen and oxygen atoms in total. The van der Waals surface area contributed by atoms with Crippen LogP contribution in [0.4, 0.5) is 0 Å². The minimum atomic E-state index is -1.23. The fraction of sp³-hybridized carbons (Fsp3) is 0.684. The summed E-state index contributed by atoms with van der Waals surface area (Å²) in [6.07, 6.45) is 0.589. The Kier molecular flexibility index (Phi) is 13.8. The van der Waals surface area contributed by atoms with E-state index in [-0.39, 0.29) is 44.1 Å². The molecule has 0 aromatic carbocycles. The molecule has 33 heavy (non-hydrogen) atoms. The summed E-state index contributed by atoms with van der Waals surface area (Å²) in [4.78, 5) is 63.2. The highest BCUT2D eigenvalue weighted by atomic mass is 16.4. The zero-order chi connectivity index (χ0) is 25.6. The van der Waals surface area contributed by atoms with E-state index in [2.05, 4.69) is 20.9 Å². The monoisotopic (exact) mass is 472 g/mol. The molecule has 4 amide bonds. The van der Waals surface area contributed by atoms with Gasteiger partial charge in [0.15, 0.2) is 5.96 Å². The van der Waals surface area contributed by atoms with Crippen LogP contribution in [0.15, 0.2) is 4.99 Å². The number of carboxylic acid groups (broad SMARTS) is 1. The number of nitrogens with two attached hydrogens (primary N) is 4. The van der Waals surface area contributed by atoms with Crippen LogP contribution in [0.25, 0.3) is 0 Å². The van der Waals surface area contributed by atoms with E-state index in [0.717, 1.165) is 0 Å². The number of carboxylic acids is 1. The van der Waals surface area contributed by atoms with Gasteiger partial charge in [0.25, 0.3) is 0 Å². The second-order valence-electron chi connectivity index (χ2n) is 7.92. The number of hydrogen-bond donors (Lipinski definition) is 8. The van der Waals surface area contributed by atoms with Gasteiger partial charge < -0.3 is 44.0 Å². The summed E-state index contributed by atoms with van der Waals surface area (Å²) in [5, 5.41) is 16.1. The highest BCUT2D eigenvalue weighted by Crippen LogP contribution is 2.07. The predicted molar refractivity (Wildman–Crippen MR) is 120 cm³/mol. The number of guanidine groups is 1. The van der Waals surface area contributed by atoms with E-state index in [1.165, 1.54) is 0 Å². The quantitative estimate of drug-likeness (QED) is 0.0639. The van der Waals surface area contributed by atoms with E-state index in [9.17, 15) is 24.0 Å². The first-order valence-corrected chi connectivity index (χ1v) is 10.5. The predicted octanol–water partition coefficient (Wildman–Crippen LogP) is -3.15. The Bertz CT molecular complexity index is 723. The second-order valence-corrected chi connectivity index (χ2v) is 7.92. The number of amides is 4. The lowest BCUT2D eigenvalue weighted by Gasteiger charge is -2.25. The summed E-state index contributed by atoms with van der Waals surface area (Å²) in [6, 6.07) is -3.17. The SMILES string of the molecule is CC(C)CC(NC(=O)C(CCCN=C(N)N)NC(=O)C(N)CCC(N)=O)C(=O)NCC(=O)O. The molecule has 0 aliphatic carbocycles. The lowest BCUT2D eigenvalue weighted by molar-refractivity contribution is -0.138. The van der Waals surface area contributed by atoms with Crippen LogP contribution < -0.4 is 38.9 Å². The van der Waals surface area contributed by atoms with Crippen LogP contribution in [0, 0.1) is 5.92 Å². The third-order valence-corrected chi connectivity index (χ3v) is 4.37. The van der Waals surface area contributed by atoms with Crippen molar-refractivity contribution >= 4 is 35.6 Å². The van der Waals surface area contributed by atoms with Crippen LogP contribution >= 0.6 is 0 Å². The third kappa shape index (κ3) is 14.3. The molecule has 0 aliphatic rings. The molecule has 0 bridgehead atoms. The van der Waals surface area contributed by atoms with Gasteiger partial charge in [0.2, 0.25) is 23.6 Å². The lowest BCUT2D eigenvalue weighted by Crippen LogP contribution is -2.56. The Morgan fingerprint density at radius 2 is 1.52 bits per heavy atom. The Balaban J connectivity index is 5.36. The molecule has 0 rings (SSSR count). The summed E-state index contributed by atoms with van der Waals surface area (Å²) in [5.74, 6) is -3.96. The molecule has 0 saturated heterocycles. The number of nitrogens with one attached hydrogen (secondary N) is 3. The van der Waals surface area contributed by atoms with E-state index in [0.29, 0.717) is 6.42 Å². The number of primary amides is 1. The summed E-state index contributed by atoms with van der Waals surface area (Å²) in [6.45, 7) is 3.26. The van der Waals surface area contributed by atoms with Crippen molar-refractivity contribution in [3.8, 4) is 0 Å². The molecular formula is C19H36N8O6. The second kappa shape index (κ2) is 15.4. The van der Waals surface area contributed by atoms with Gasteiger partial charge >= 0.3 is 5.97 Å². The minimum Gasteiger partial charge on any atom is -0.480 e. The Hall–Kier alpha value is -3.42. The number of rotatable bonds is 16. The fourth-order valence-electron chi connectivity index (χ4n) is 2.74. The molecule has 0 aliphatic heterocycles. The Morgan fingerprint density at radius 1 is 0.909 bits per heavy atom. The fourth-order valence-corrected chi connectivity index (χ4v) is 2.74. The molecule has 14 heteroatoms. The van der Waals surface area contributed by atoms with Gasteiger partial charge in [-0.1, -0.05) is 13.8 Å². The van der Waals surface area contributed by atoms with E-state index in [1.807, 2.05) is 13.8 Å². The Labute approximate surface area is 192 Å². The summed E-state index contributed by atoms with van der Waals surface area (Å²) in [7, 11) is 0. The zero-order valence-corrected chi connectivity index (χ0v) is 19.0. The molecule has 3 unspecified atom stereocenters. The number of carbonyl (C=O) groups excluding carboxylic acids is 4. The van der Waals surface area contributed by atoms with Crippen molar-refractivity contribution in [2.45, 2.75) is 64.1 Å². The normalized spacial score (nSPS) is 13.3. The number of nitrogens with zero attached hydrogens (tertiary/aromatic N) is 1. The third-order valence-electron chi connectivity index (χ3n) is 4.37. The van der Waals surface area contributed by atoms with Crippen LogP contribution in [-0.4, -0.2) is 71.9 Å². The molecule has 0 aromatic rings. The highest BCUT2D eigenvalue weighted by Gasteiger charge is 2.28. The smallest absolute Gasteiger partial charge is 0.322 e. The van der Waals surface area contributed by atoms with Gasteiger partial charge in [0.1, 0.15) is 18.6 Å². The molecule has 0 fully saturated rings. The van der Waals surface area contributed by atoms with Crippen molar-refractivity contribution in [1.29, 1.82) is 0 Å². The maximum Gasteiger partial charge on any atom is 0.322 e. The van der Waals surface area contributed by atoms with Crippen LogP contribution in [0.5, 0.6) is 0 Å². The average molecular weight is 473 g/mol. The first-order chi connectivity index (χ1) is 15.3. The molecule has 0 aromatic heterocycles. The number of aliphatic carboxylic acids is 1.